The van der Waals surface area contributed by atoms with Gasteiger partial charge in [0.15, 0.2) is 0 Å². The molecule has 0 aliphatic carbocycles. The zero-order chi connectivity index (χ0) is 13.5. The zero-order valence-corrected chi connectivity index (χ0v) is 11.0. The number of halogens is 1. The van der Waals surface area contributed by atoms with Gasteiger partial charge in [-0.3, -0.25) is 4.79 Å². The third kappa shape index (κ3) is 4.04. The number of phenolic OH excluding ortho intramolecular Hbond substituents is 1. The number of carbonyl (C=O) groups is 1. The number of aryl methyl sites for hydroxylation is 1. The van der Waals surface area contributed by atoms with Gasteiger partial charge in [0, 0.05) is 6.42 Å². The smallest absolute Gasteiger partial charge is 0.221 e. The third-order valence-corrected chi connectivity index (χ3v) is 2.86. The summed E-state index contributed by atoms with van der Waals surface area (Å²) in [6.07, 6.45) is 5.55. The molecule has 3 heteroatoms. The minimum atomic E-state index is -0.349. The fourth-order valence-corrected chi connectivity index (χ4v) is 1.94. The maximum absolute atomic E-state index is 10.8. The zero-order valence-electron chi connectivity index (χ0n) is 10.3. The molecule has 0 heterocycles. The molecule has 0 radical (unpaired) electrons. The molecule has 96 valence electrons. The quantitative estimate of drug-likeness (QED) is 0.604. The highest BCUT2D eigenvalue weighted by molar-refractivity contribution is 6.63. The number of carbonyl (C=O) groups excluding carboxylic acids is 1. The normalized spacial score (nSPS) is 10.1. The van der Waals surface area contributed by atoms with Crippen LogP contribution < -0.4 is 0 Å². The molecular weight excluding hydrogens is 248 g/mol. The Labute approximate surface area is 113 Å². The van der Waals surface area contributed by atoms with E-state index in [0.29, 0.717) is 25.7 Å². The van der Waals surface area contributed by atoms with E-state index < -0.39 is 0 Å². The number of aromatic hydroxyl groups is 1. The van der Waals surface area contributed by atoms with Gasteiger partial charge in [-0.05, 0) is 47.6 Å². The van der Waals surface area contributed by atoms with Crippen LogP contribution in [0.2, 0.25) is 0 Å². The van der Waals surface area contributed by atoms with E-state index in [2.05, 4.69) is 13.2 Å². The van der Waals surface area contributed by atoms with Crippen molar-refractivity contribution in [1.82, 2.24) is 0 Å². The molecule has 0 unspecified atom stereocenters. The van der Waals surface area contributed by atoms with Crippen LogP contribution in [0.25, 0.3) is 0 Å². The predicted octanol–water partition coefficient (Wildman–Crippen LogP) is 3.55. The van der Waals surface area contributed by atoms with E-state index in [1.165, 1.54) is 0 Å². The second-order valence-electron chi connectivity index (χ2n) is 4.10. The van der Waals surface area contributed by atoms with E-state index in [4.69, 9.17) is 11.6 Å². The number of allylic oxidation sites excluding steroid dienone is 2. The summed E-state index contributed by atoms with van der Waals surface area (Å²) in [5, 5.41) is 9.72. The first-order valence-corrected chi connectivity index (χ1v) is 6.20. The van der Waals surface area contributed by atoms with E-state index >= 15 is 0 Å². The van der Waals surface area contributed by atoms with Gasteiger partial charge in [0.25, 0.3) is 0 Å². The summed E-state index contributed by atoms with van der Waals surface area (Å²) in [5.74, 6) is 0.288. The van der Waals surface area contributed by atoms with E-state index in [1.54, 1.807) is 12.2 Å². The van der Waals surface area contributed by atoms with Crippen molar-refractivity contribution in [2.75, 3.05) is 0 Å². The molecule has 0 amide bonds. The maximum Gasteiger partial charge on any atom is 0.221 e. The predicted molar refractivity (Wildman–Crippen MR) is 75.1 cm³/mol. The van der Waals surface area contributed by atoms with Gasteiger partial charge in [-0.2, -0.15) is 0 Å². The molecule has 0 aliphatic heterocycles. The minimum Gasteiger partial charge on any atom is -0.507 e. The molecule has 0 bridgehead atoms. The number of hydrogen-bond acceptors (Lipinski definition) is 2. The molecule has 1 N–H and O–H groups in total. The highest BCUT2D eigenvalue weighted by Crippen LogP contribution is 2.27. The van der Waals surface area contributed by atoms with Crippen LogP contribution in [0.15, 0.2) is 37.4 Å². The van der Waals surface area contributed by atoms with Crippen LogP contribution in [0.4, 0.5) is 0 Å². The highest BCUT2D eigenvalue weighted by Gasteiger charge is 2.09. The maximum atomic E-state index is 10.8. The Hall–Kier alpha value is -1.54. The number of benzene rings is 1. The van der Waals surface area contributed by atoms with Gasteiger partial charge >= 0.3 is 0 Å². The molecule has 18 heavy (non-hydrogen) atoms. The van der Waals surface area contributed by atoms with Gasteiger partial charge in [0.2, 0.25) is 5.24 Å². The SMILES string of the molecule is C=CCc1cc(CCC(=O)Cl)cc(CC=C)c1O. The summed E-state index contributed by atoms with van der Waals surface area (Å²) in [6.45, 7) is 7.34. The molecule has 0 spiro atoms. The van der Waals surface area contributed by atoms with Crippen molar-refractivity contribution in [1.29, 1.82) is 0 Å². The topological polar surface area (TPSA) is 37.3 Å². The largest absolute Gasteiger partial charge is 0.507 e. The third-order valence-electron chi connectivity index (χ3n) is 2.67. The molecule has 1 aromatic rings. The molecule has 2 nitrogen and oxygen atoms in total. The summed E-state index contributed by atoms with van der Waals surface area (Å²) in [4.78, 5) is 10.8. The Morgan fingerprint density at radius 3 is 2.11 bits per heavy atom. The van der Waals surface area contributed by atoms with E-state index in [0.717, 1.165) is 16.7 Å². The molecule has 1 aromatic carbocycles. The van der Waals surface area contributed by atoms with Gasteiger partial charge in [0.1, 0.15) is 5.75 Å². The van der Waals surface area contributed by atoms with Crippen LogP contribution in [-0.4, -0.2) is 10.3 Å². The van der Waals surface area contributed by atoms with Crippen LogP contribution >= 0.6 is 11.6 Å². The van der Waals surface area contributed by atoms with Crippen LogP contribution in [-0.2, 0) is 24.1 Å². The first-order valence-electron chi connectivity index (χ1n) is 5.82. The van der Waals surface area contributed by atoms with Crippen LogP contribution in [0.5, 0.6) is 5.75 Å². The van der Waals surface area contributed by atoms with Crippen molar-refractivity contribution in [2.45, 2.75) is 25.7 Å². The fourth-order valence-electron chi connectivity index (χ4n) is 1.84. The van der Waals surface area contributed by atoms with Gasteiger partial charge in [0.05, 0.1) is 0 Å². The molecule has 0 saturated carbocycles. The van der Waals surface area contributed by atoms with Crippen molar-refractivity contribution in [3.8, 4) is 5.75 Å². The fraction of sp³-hybridized carbons (Fsp3) is 0.267. The monoisotopic (exact) mass is 264 g/mol. The van der Waals surface area contributed by atoms with Gasteiger partial charge in [-0.15, -0.1) is 13.2 Å². The lowest BCUT2D eigenvalue weighted by atomic mass is 9.97. The van der Waals surface area contributed by atoms with E-state index in [1.807, 2.05) is 12.1 Å². The Morgan fingerprint density at radius 1 is 1.22 bits per heavy atom. The molecule has 0 atom stereocenters. The summed E-state index contributed by atoms with van der Waals surface area (Å²) < 4.78 is 0. The summed E-state index contributed by atoms with van der Waals surface area (Å²) in [5.41, 5.74) is 2.64. The lowest BCUT2D eigenvalue weighted by Crippen LogP contribution is -1.97. The average Bonchev–Trinajstić information content (AvgIpc) is 2.32. The molecular formula is C15H17ClO2. The van der Waals surface area contributed by atoms with Crippen molar-refractivity contribution in [2.24, 2.45) is 0 Å². The lowest BCUT2D eigenvalue weighted by molar-refractivity contribution is -0.111. The molecule has 0 aliphatic rings. The van der Waals surface area contributed by atoms with Crippen molar-refractivity contribution >= 4 is 16.8 Å². The van der Waals surface area contributed by atoms with Crippen LogP contribution in [0.1, 0.15) is 23.1 Å². The van der Waals surface area contributed by atoms with Crippen LogP contribution in [0.3, 0.4) is 0 Å². The standard InChI is InChI=1S/C15H17ClO2/c1-3-5-12-9-11(7-8-14(16)17)10-13(6-4-2)15(12)18/h3-4,9-10,18H,1-2,5-8H2. The van der Waals surface area contributed by atoms with Gasteiger partial charge < -0.3 is 5.11 Å². The number of rotatable bonds is 7. The Balaban J connectivity index is 3.06. The van der Waals surface area contributed by atoms with Crippen LogP contribution in [0, 0.1) is 0 Å². The Kier molecular flexibility index (Phi) is 5.66. The Bertz CT molecular complexity index is 433. The second kappa shape index (κ2) is 7.02. The first-order chi connectivity index (χ1) is 8.58. The number of phenols is 1. The molecule has 0 aromatic heterocycles. The van der Waals surface area contributed by atoms with E-state index in [-0.39, 0.29) is 11.0 Å². The average molecular weight is 265 g/mol. The van der Waals surface area contributed by atoms with Gasteiger partial charge in [-0.1, -0.05) is 24.3 Å². The molecule has 0 fully saturated rings. The lowest BCUT2D eigenvalue weighted by Gasteiger charge is -2.11. The van der Waals surface area contributed by atoms with Crippen molar-refractivity contribution in [3.63, 3.8) is 0 Å². The Morgan fingerprint density at radius 2 is 1.72 bits per heavy atom. The summed E-state index contributed by atoms with van der Waals surface area (Å²) >= 11 is 5.34. The van der Waals surface area contributed by atoms with E-state index in [9.17, 15) is 9.90 Å². The molecule has 1 rings (SSSR count). The summed E-state index contributed by atoms with van der Waals surface area (Å²) in [6, 6.07) is 3.78. The highest BCUT2D eigenvalue weighted by atomic mass is 35.5. The van der Waals surface area contributed by atoms with Crippen molar-refractivity contribution < 1.29 is 9.90 Å². The minimum absolute atomic E-state index is 0.288. The van der Waals surface area contributed by atoms with Gasteiger partial charge in [-0.25, -0.2) is 0 Å². The summed E-state index contributed by atoms with van der Waals surface area (Å²) in [7, 11) is 0. The van der Waals surface area contributed by atoms with Crippen molar-refractivity contribution in [3.05, 3.63) is 54.1 Å². The number of hydrogen-bond donors (Lipinski definition) is 1. The first kappa shape index (κ1) is 14.5. The second-order valence-corrected chi connectivity index (χ2v) is 4.52. The molecule has 0 saturated heterocycles.